The van der Waals surface area contributed by atoms with Crippen LogP contribution >= 0.6 is 11.8 Å². The third kappa shape index (κ3) is 4.69. The predicted molar refractivity (Wildman–Crippen MR) is 130 cm³/mol. The zero-order valence-electron chi connectivity index (χ0n) is 18.2. The number of hydrogen-bond acceptors (Lipinski definition) is 7. The van der Waals surface area contributed by atoms with Crippen molar-refractivity contribution in [2.75, 3.05) is 36.5 Å². The van der Waals surface area contributed by atoms with Gasteiger partial charge >= 0.3 is 0 Å². The number of hydrogen-bond donors (Lipinski definition) is 1. The normalized spacial score (nSPS) is 14.9. The summed E-state index contributed by atoms with van der Waals surface area (Å²) in [6.45, 7) is 5.13. The number of benzene rings is 2. The van der Waals surface area contributed by atoms with Gasteiger partial charge in [-0.15, -0.1) is 0 Å². The van der Waals surface area contributed by atoms with Crippen molar-refractivity contribution in [2.45, 2.75) is 17.2 Å². The maximum Gasteiger partial charge on any atom is 0.237 e. The van der Waals surface area contributed by atoms with Gasteiger partial charge < -0.3 is 15.0 Å². The Morgan fingerprint density at radius 1 is 1.03 bits per heavy atom. The second-order valence-electron chi connectivity index (χ2n) is 7.70. The molecule has 0 unspecified atom stereocenters. The Kier molecular flexibility index (Phi) is 6.23. The van der Waals surface area contributed by atoms with Crippen molar-refractivity contribution in [3.63, 3.8) is 0 Å². The largest absolute Gasteiger partial charge is 0.378 e. The Hall–Kier alpha value is -3.43. The molecule has 0 saturated carbocycles. The zero-order chi connectivity index (χ0) is 22.6. The van der Waals surface area contributed by atoms with Crippen molar-refractivity contribution in [3.8, 4) is 5.69 Å². The van der Waals surface area contributed by atoms with Gasteiger partial charge in [-0.3, -0.25) is 4.79 Å². The maximum absolute atomic E-state index is 12.8. The first-order chi connectivity index (χ1) is 16.2. The first-order valence-electron chi connectivity index (χ1n) is 10.8. The molecule has 2 aromatic carbocycles. The van der Waals surface area contributed by atoms with Crippen molar-refractivity contribution < 1.29 is 9.53 Å². The predicted octanol–water partition coefficient (Wildman–Crippen LogP) is 3.77. The number of amides is 1. The van der Waals surface area contributed by atoms with Gasteiger partial charge in [0.15, 0.2) is 5.65 Å². The topological polar surface area (TPSA) is 85.2 Å². The van der Waals surface area contributed by atoms with Gasteiger partial charge in [0.25, 0.3) is 0 Å². The molecule has 1 aliphatic rings. The van der Waals surface area contributed by atoms with Gasteiger partial charge in [-0.05, 0) is 43.3 Å². The lowest BCUT2D eigenvalue weighted by Gasteiger charge is -2.28. The lowest BCUT2D eigenvalue weighted by molar-refractivity contribution is -0.115. The van der Waals surface area contributed by atoms with E-state index in [1.165, 1.54) is 18.1 Å². The Balaban J connectivity index is 1.27. The molecule has 0 spiro atoms. The first kappa shape index (κ1) is 21.4. The van der Waals surface area contributed by atoms with Gasteiger partial charge in [-0.25, -0.2) is 14.6 Å². The number of carbonyl (C=O) groups excluding carboxylic acids is 1. The number of aromatic nitrogens is 4. The SMILES string of the molecule is C[C@H](Sc1ncnc2c1cnn2-c1ccccc1)C(=O)Nc1ccc(N2CCOCC2)cc1. The van der Waals surface area contributed by atoms with E-state index in [1.54, 1.807) is 10.9 Å². The molecule has 0 bridgehead atoms. The molecule has 0 aliphatic carbocycles. The number of anilines is 2. The van der Waals surface area contributed by atoms with Crippen molar-refractivity contribution >= 4 is 40.1 Å². The quantitative estimate of drug-likeness (QED) is 0.346. The Morgan fingerprint density at radius 3 is 2.55 bits per heavy atom. The zero-order valence-corrected chi connectivity index (χ0v) is 19.0. The van der Waals surface area contributed by atoms with Crippen molar-refractivity contribution in [3.05, 3.63) is 67.1 Å². The Labute approximate surface area is 196 Å². The molecule has 1 fully saturated rings. The minimum atomic E-state index is -0.345. The van der Waals surface area contributed by atoms with E-state index in [9.17, 15) is 4.79 Å². The van der Waals surface area contributed by atoms with Gasteiger partial charge in [-0.1, -0.05) is 30.0 Å². The Bertz CT molecular complexity index is 1240. The van der Waals surface area contributed by atoms with E-state index in [0.717, 1.165) is 53.8 Å². The summed E-state index contributed by atoms with van der Waals surface area (Å²) >= 11 is 1.40. The fraction of sp³-hybridized carbons (Fsp3) is 0.250. The number of nitrogens with zero attached hydrogens (tertiary/aromatic N) is 5. The molecule has 1 atom stereocenters. The van der Waals surface area contributed by atoms with Crippen LogP contribution < -0.4 is 10.2 Å². The van der Waals surface area contributed by atoms with Crippen molar-refractivity contribution in [1.29, 1.82) is 0 Å². The summed E-state index contributed by atoms with van der Waals surface area (Å²) in [5.41, 5.74) is 3.55. The summed E-state index contributed by atoms with van der Waals surface area (Å²) < 4.78 is 7.19. The van der Waals surface area contributed by atoms with Gasteiger partial charge in [0, 0.05) is 24.5 Å². The molecule has 1 amide bonds. The van der Waals surface area contributed by atoms with E-state index >= 15 is 0 Å². The molecule has 9 heteroatoms. The van der Waals surface area contributed by atoms with Crippen molar-refractivity contribution in [1.82, 2.24) is 19.7 Å². The number of thioether (sulfide) groups is 1. The van der Waals surface area contributed by atoms with Gasteiger partial charge in [0.1, 0.15) is 11.4 Å². The number of ether oxygens (including phenoxy) is 1. The number of nitrogens with one attached hydrogen (secondary N) is 1. The summed E-state index contributed by atoms with van der Waals surface area (Å²) in [5.74, 6) is -0.0821. The van der Waals surface area contributed by atoms with E-state index in [2.05, 4.69) is 25.3 Å². The van der Waals surface area contributed by atoms with Crippen LogP contribution in [-0.2, 0) is 9.53 Å². The van der Waals surface area contributed by atoms with E-state index in [0.29, 0.717) is 5.65 Å². The van der Waals surface area contributed by atoms with Crippen LogP contribution in [0.3, 0.4) is 0 Å². The molecule has 8 nitrogen and oxygen atoms in total. The Morgan fingerprint density at radius 2 is 1.79 bits per heavy atom. The van der Waals surface area contributed by atoms with E-state index in [-0.39, 0.29) is 11.2 Å². The lowest BCUT2D eigenvalue weighted by Crippen LogP contribution is -2.36. The highest BCUT2D eigenvalue weighted by atomic mass is 32.2. The van der Waals surface area contributed by atoms with Crippen LogP contribution in [0.25, 0.3) is 16.7 Å². The minimum absolute atomic E-state index is 0.0821. The van der Waals surface area contributed by atoms with Crippen LogP contribution in [0.15, 0.2) is 72.1 Å². The standard InChI is InChI=1S/C24H24N6O2S/c1-17(23(31)28-18-7-9-19(10-8-18)29-11-13-32-14-12-29)33-24-21-15-27-30(22(21)25-16-26-24)20-5-3-2-4-6-20/h2-10,15-17H,11-14H2,1H3,(H,28,31)/t17-/m0/s1. The molecular formula is C24H24N6O2S. The highest BCUT2D eigenvalue weighted by molar-refractivity contribution is 8.00. The van der Waals surface area contributed by atoms with Crippen LogP contribution in [0.1, 0.15) is 6.92 Å². The molecule has 1 aliphatic heterocycles. The third-order valence-electron chi connectivity index (χ3n) is 5.50. The highest BCUT2D eigenvalue weighted by Gasteiger charge is 2.19. The van der Waals surface area contributed by atoms with Crippen LogP contribution in [-0.4, -0.2) is 57.2 Å². The number of rotatable bonds is 6. The molecular weight excluding hydrogens is 436 g/mol. The summed E-state index contributed by atoms with van der Waals surface area (Å²) in [6.07, 6.45) is 3.26. The van der Waals surface area contributed by atoms with Crippen LogP contribution in [0, 0.1) is 0 Å². The molecule has 4 aromatic rings. The molecule has 1 N–H and O–H groups in total. The highest BCUT2D eigenvalue weighted by Crippen LogP contribution is 2.29. The number of morpholine rings is 1. The first-order valence-corrected chi connectivity index (χ1v) is 11.7. The smallest absolute Gasteiger partial charge is 0.237 e. The lowest BCUT2D eigenvalue weighted by atomic mass is 10.2. The summed E-state index contributed by atoms with van der Waals surface area (Å²) in [5, 5.41) is 8.69. The second kappa shape index (κ2) is 9.60. The van der Waals surface area contributed by atoms with Crippen LogP contribution in [0.4, 0.5) is 11.4 Å². The van der Waals surface area contributed by atoms with E-state index in [1.807, 2.05) is 61.5 Å². The number of fused-ring (bicyclic) bond motifs is 1. The van der Waals surface area contributed by atoms with Gasteiger partial charge in [0.2, 0.25) is 5.91 Å². The summed E-state index contributed by atoms with van der Waals surface area (Å²) in [4.78, 5) is 23.9. The third-order valence-corrected chi connectivity index (χ3v) is 6.61. The average molecular weight is 461 g/mol. The van der Waals surface area contributed by atoms with Crippen LogP contribution in [0.2, 0.25) is 0 Å². The molecule has 168 valence electrons. The minimum Gasteiger partial charge on any atom is -0.378 e. The van der Waals surface area contributed by atoms with Crippen LogP contribution in [0.5, 0.6) is 0 Å². The fourth-order valence-electron chi connectivity index (χ4n) is 3.72. The monoisotopic (exact) mass is 460 g/mol. The molecule has 3 heterocycles. The van der Waals surface area contributed by atoms with E-state index < -0.39 is 0 Å². The molecule has 33 heavy (non-hydrogen) atoms. The van der Waals surface area contributed by atoms with Gasteiger partial charge in [-0.2, -0.15) is 5.10 Å². The summed E-state index contributed by atoms with van der Waals surface area (Å²) in [6, 6.07) is 17.8. The maximum atomic E-state index is 12.8. The molecule has 0 radical (unpaired) electrons. The van der Waals surface area contributed by atoms with Crippen molar-refractivity contribution in [2.24, 2.45) is 0 Å². The second-order valence-corrected chi connectivity index (χ2v) is 9.03. The van der Waals surface area contributed by atoms with Gasteiger partial charge in [0.05, 0.1) is 35.7 Å². The molecule has 2 aromatic heterocycles. The number of carbonyl (C=O) groups is 1. The number of para-hydroxylation sites is 1. The fourth-order valence-corrected chi connectivity index (χ4v) is 4.60. The summed E-state index contributed by atoms with van der Waals surface area (Å²) in [7, 11) is 0. The average Bonchev–Trinajstić information content (AvgIpc) is 3.31. The van der Waals surface area contributed by atoms with E-state index in [4.69, 9.17) is 4.74 Å². The molecule has 5 rings (SSSR count). The molecule has 1 saturated heterocycles.